The van der Waals surface area contributed by atoms with Crippen molar-refractivity contribution in [3.05, 3.63) is 72.9 Å². The Hall–Kier alpha value is -2.55. The van der Waals surface area contributed by atoms with Crippen molar-refractivity contribution in [2.45, 2.75) is 161 Å². The quantitative estimate of drug-likeness (QED) is 0.0273. The highest BCUT2D eigenvalue weighted by atomic mass is 31.2. The minimum atomic E-state index is -4.37. The molecule has 9 nitrogen and oxygen atoms in total. The first-order valence-corrected chi connectivity index (χ1v) is 22.4. The Labute approximate surface area is 329 Å². The highest BCUT2D eigenvalue weighted by Gasteiger charge is 2.26. The fraction of sp³-hybridized carbons (Fsp3) is 0.682. The number of phosphoric acid groups is 1. The molecule has 0 rings (SSSR count). The summed E-state index contributed by atoms with van der Waals surface area (Å²) in [6.45, 7) is 4.07. The Morgan fingerprint density at radius 2 is 1.00 bits per heavy atom. The van der Waals surface area contributed by atoms with Crippen molar-refractivity contribution in [2.75, 3.05) is 33.4 Å². The van der Waals surface area contributed by atoms with Gasteiger partial charge in [0.15, 0.2) is 6.10 Å². The van der Waals surface area contributed by atoms with Crippen LogP contribution >= 0.6 is 7.82 Å². The van der Waals surface area contributed by atoms with Gasteiger partial charge in [-0.15, -0.1) is 0 Å². The summed E-state index contributed by atoms with van der Waals surface area (Å²) in [5, 5.41) is 2.81. The van der Waals surface area contributed by atoms with Crippen LogP contribution in [0.2, 0.25) is 0 Å². The molecule has 0 spiro atoms. The molecule has 0 fully saturated rings. The summed E-state index contributed by atoms with van der Waals surface area (Å²) in [6, 6.07) is 0. The molecular formula is C44H76NO8P. The van der Waals surface area contributed by atoms with Crippen molar-refractivity contribution in [1.82, 2.24) is 5.32 Å². The van der Waals surface area contributed by atoms with E-state index in [4.69, 9.17) is 18.5 Å². The monoisotopic (exact) mass is 778 g/mol. The topological polar surface area (TPSA) is 120 Å². The zero-order chi connectivity index (χ0) is 39.6. The van der Waals surface area contributed by atoms with Crippen LogP contribution in [0.4, 0.5) is 0 Å². The molecule has 0 bridgehead atoms. The number of phosphoric ester groups is 1. The molecular weight excluding hydrogens is 701 g/mol. The third-order valence-electron chi connectivity index (χ3n) is 8.30. The lowest BCUT2D eigenvalue weighted by Gasteiger charge is -2.20. The second-order valence-electron chi connectivity index (χ2n) is 13.5. The first-order valence-electron chi connectivity index (χ1n) is 20.9. The van der Waals surface area contributed by atoms with Crippen LogP contribution in [-0.4, -0.2) is 56.3 Å². The highest BCUT2D eigenvalue weighted by molar-refractivity contribution is 7.47. The van der Waals surface area contributed by atoms with Crippen molar-refractivity contribution < 1.29 is 37.6 Å². The van der Waals surface area contributed by atoms with E-state index in [1.807, 2.05) is 0 Å². The van der Waals surface area contributed by atoms with Crippen LogP contribution in [-0.2, 0) is 32.7 Å². The van der Waals surface area contributed by atoms with E-state index < -0.39 is 32.5 Å². The minimum absolute atomic E-state index is 0.0313. The van der Waals surface area contributed by atoms with Crippen molar-refractivity contribution in [2.24, 2.45) is 0 Å². The summed E-state index contributed by atoms with van der Waals surface area (Å²) in [6.07, 6.45) is 46.6. The number of carbonyl (C=O) groups is 2. The molecule has 0 aliphatic carbocycles. The number of ether oxygens (including phenoxy) is 2. The number of allylic oxidation sites excluding steroid dienone is 12. The molecule has 2 unspecified atom stereocenters. The van der Waals surface area contributed by atoms with Crippen molar-refractivity contribution in [1.29, 1.82) is 0 Å². The van der Waals surface area contributed by atoms with Gasteiger partial charge < -0.3 is 19.7 Å². The molecule has 0 aromatic carbocycles. The summed E-state index contributed by atoms with van der Waals surface area (Å²) in [5.74, 6) is -0.884. The van der Waals surface area contributed by atoms with Crippen LogP contribution in [0.5, 0.6) is 0 Å². The van der Waals surface area contributed by atoms with Gasteiger partial charge in [-0.2, -0.15) is 0 Å². The Bertz CT molecular complexity index is 1110. The number of carbonyl (C=O) groups excluding carboxylic acids is 2. The van der Waals surface area contributed by atoms with Gasteiger partial charge in [-0.3, -0.25) is 18.6 Å². The maximum absolute atomic E-state index is 12.6. The van der Waals surface area contributed by atoms with Gasteiger partial charge in [0.1, 0.15) is 6.61 Å². The van der Waals surface area contributed by atoms with Crippen LogP contribution in [0.3, 0.4) is 0 Å². The second kappa shape index (κ2) is 40.1. The average Bonchev–Trinajstić information content (AvgIpc) is 3.15. The van der Waals surface area contributed by atoms with E-state index in [0.717, 1.165) is 70.6 Å². The lowest BCUT2D eigenvalue weighted by molar-refractivity contribution is -0.161. The number of hydrogen-bond donors (Lipinski definition) is 2. The Kier molecular flexibility index (Phi) is 38.2. The summed E-state index contributed by atoms with van der Waals surface area (Å²) in [4.78, 5) is 35.0. The predicted molar refractivity (Wildman–Crippen MR) is 224 cm³/mol. The third kappa shape index (κ3) is 39.2. The number of nitrogens with one attached hydrogen (secondary N) is 1. The minimum Gasteiger partial charge on any atom is -0.462 e. The summed E-state index contributed by atoms with van der Waals surface area (Å²) < 4.78 is 33.1. The van der Waals surface area contributed by atoms with E-state index in [1.165, 1.54) is 44.9 Å². The molecule has 0 aliphatic heterocycles. The SMILES string of the molecule is CCCCC/C=C\C/C=C\C/C=C\CCCCCCC(=O)OC(COC(=O)CCCC/C=C\C/C=C\C/C=C\CCCCC)COP(=O)(O)OCCNC. The summed E-state index contributed by atoms with van der Waals surface area (Å²) >= 11 is 0. The number of rotatable bonds is 38. The second-order valence-corrected chi connectivity index (χ2v) is 14.9. The van der Waals surface area contributed by atoms with Crippen molar-refractivity contribution >= 4 is 19.8 Å². The van der Waals surface area contributed by atoms with Crippen LogP contribution in [0.15, 0.2) is 72.9 Å². The lowest BCUT2D eigenvalue weighted by atomic mass is 10.1. The summed E-state index contributed by atoms with van der Waals surface area (Å²) in [5.41, 5.74) is 0. The predicted octanol–water partition coefficient (Wildman–Crippen LogP) is 11.8. The van der Waals surface area contributed by atoms with E-state index in [2.05, 4.69) is 92.1 Å². The first kappa shape index (κ1) is 51.5. The van der Waals surface area contributed by atoms with E-state index >= 15 is 0 Å². The summed E-state index contributed by atoms with van der Waals surface area (Å²) in [7, 11) is -2.68. The van der Waals surface area contributed by atoms with E-state index in [-0.39, 0.29) is 26.1 Å². The standard InChI is InChI=1S/C44H76NO8P/c1-4-6-8-10-12-14-16-18-20-21-23-25-27-29-31-33-35-37-44(47)53-42(41-52-54(48,49)51-39-38-45-3)40-50-43(46)36-34-32-30-28-26-24-22-19-17-15-13-11-9-7-5-2/h12-15,18-20,22-23,25-26,28,42,45H,4-11,16-17,21,24,27,29-41H2,1-3H3,(H,48,49)/b14-12-,15-13-,20-18-,22-19-,25-23-,28-26-. The van der Waals surface area contributed by atoms with Crippen molar-refractivity contribution in [3.8, 4) is 0 Å². The van der Waals surface area contributed by atoms with Gasteiger partial charge in [-0.25, -0.2) is 4.57 Å². The molecule has 54 heavy (non-hydrogen) atoms. The molecule has 0 aliphatic rings. The van der Waals surface area contributed by atoms with Gasteiger partial charge in [0.05, 0.1) is 13.2 Å². The van der Waals surface area contributed by atoms with Crippen LogP contribution in [0.1, 0.15) is 155 Å². The third-order valence-corrected chi connectivity index (χ3v) is 9.28. The Morgan fingerprint density at radius 1 is 0.574 bits per heavy atom. The molecule has 10 heteroatoms. The molecule has 0 radical (unpaired) electrons. The molecule has 0 amide bonds. The van der Waals surface area contributed by atoms with E-state index in [9.17, 15) is 19.0 Å². The van der Waals surface area contributed by atoms with Crippen molar-refractivity contribution in [3.63, 3.8) is 0 Å². The van der Waals surface area contributed by atoms with Gasteiger partial charge in [0.25, 0.3) is 0 Å². The maximum Gasteiger partial charge on any atom is 0.472 e. The van der Waals surface area contributed by atoms with Crippen LogP contribution < -0.4 is 5.32 Å². The van der Waals surface area contributed by atoms with E-state index in [1.54, 1.807) is 7.05 Å². The zero-order valence-electron chi connectivity index (χ0n) is 34.1. The van der Waals surface area contributed by atoms with E-state index in [0.29, 0.717) is 19.4 Å². The van der Waals surface area contributed by atoms with Gasteiger partial charge in [-0.1, -0.05) is 125 Å². The maximum atomic E-state index is 12.6. The fourth-order valence-corrected chi connectivity index (χ4v) is 5.84. The molecule has 2 N–H and O–H groups in total. The smallest absolute Gasteiger partial charge is 0.462 e. The Morgan fingerprint density at radius 3 is 1.50 bits per heavy atom. The fourth-order valence-electron chi connectivity index (χ4n) is 5.09. The molecule has 0 heterocycles. The van der Waals surface area contributed by atoms with Gasteiger partial charge in [-0.05, 0) is 96.9 Å². The van der Waals surface area contributed by atoms with Crippen LogP contribution in [0, 0.1) is 0 Å². The van der Waals surface area contributed by atoms with Crippen LogP contribution in [0.25, 0.3) is 0 Å². The zero-order valence-corrected chi connectivity index (χ0v) is 35.0. The molecule has 2 atom stereocenters. The normalized spacial score (nSPS) is 14.1. The van der Waals surface area contributed by atoms with Gasteiger partial charge >= 0.3 is 19.8 Å². The number of likely N-dealkylation sites (N-methyl/N-ethyl adjacent to an activating group) is 1. The molecule has 310 valence electrons. The highest BCUT2D eigenvalue weighted by Crippen LogP contribution is 2.43. The molecule has 0 saturated carbocycles. The number of unbranched alkanes of at least 4 members (excludes halogenated alkanes) is 12. The Balaban J connectivity index is 4.38. The molecule has 0 aromatic heterocycles. The number of hydrogen-bond acceptors (Lipinski definition) is 8. The lowest BCUT2D eigenvalue weighted by Crippen LogP contribution is -2.29. The molecule has 0 saturated heterocycles. The average molecular weight is 778 g/mol. The first-order chi connectivity index (χ1) is 26.3. The molecule has 0 aromatic rings. The van der Waals surface area contributed by atoms with Gasteiger partial charge in [0.2, 0.25) is 0 Å². The van der Waals surface area contributed by atoms with Gasteiger partial charge in [0, 0.05) is 19.4 Å². The largest absolute Gasteiger partial charge is 0.472 e. The number of esters is 2.